The summed E-state index contributed by atoms with van der Waals surface area (Å²) in [5.74, 6) is -1.55. The lowest BCUT2D eigenvalue weighted by molar-refractivity contribution is 0.235. The molecule has 1 unspecified atom stereocenters. The molecular weight excluding hydrogens is 334 g/mol. The number of hydrogen-bond donors (Lipinski definition) is 1. The van der Waals surface area contributed by atoms with Crippen LogP contribution in [0.15, 0.2) is 35.9 Å². The van der Waals surface area contributed by atoms with Crippen molar-refractivity contribution < 1.29 is 0 Å². The molecule has 0 saturated heterocycles. The van der Waals surface area contributed by atoms with Crippen LogP contribution in [0.25, 0.3) is 0 Å². The summed E-state index contributed by atoms with van der Waals surface area (Å²) in [6, 6.07) is 13.4. The van der Waals surface area contributed by atoms with Crippen LogP contribution < -0.4 is 0 Å². The molecule has 1 saturated carbocycles. The van der Waals surface area contributed by atoms with Crippen LogP contribution in [0, 0.1) is 56.7 Å². The van der Waals surface area contributed by atoms with Crippen molar-refractivity contribution in [3.05, 3.63) is 46.5 Å². The fourth-order valence-electron chi connectivity index (χ4n) is 4.03. The zero-order valence-corrected chi connectivity index (χ0v) is 14.5. The van der Waals surface area contributed by atoms with Crippen LogP contribution in [0.5, 0.6) is 0 Å². The normalized spacial score (nSPS) is 28.0. The number of likely N-dealkylation sites (N-methyl/N-ethyl adjacent to an activating group) is 1. The summed E-state index contributed by atoms with van der Waals surface area (Å²) in [4.78, 5) is 2.09. The van der Waals surface area contributed by atoms with Gasteiger partial charge in [0.25, 0.3) is 0 Å². The van der Waals surface area contributed by atoms with E-state index >= 15 is 0 Å². The maximum absolute atomic E-state index is 9.89. The van der Waals surface area contributed by atoms with E-state index in [1.165, 1.54) is 0 Å². The quantitative estimate of drug-likeness (QED) is 0.787. The highest BCUT2D eigenvalue weighted by Crippen LogP contribution is 2.53. The third-order valence-corrected chi connectivity index (χ3v) is 5.42. The second kappa shape index (κ2) is 6.34. The summed E-state index contributed by atoms with van der Waals surface area (Å²) in [5.41, 5.74) is -0.206. The van der Waals surface area contributed by atoms with E-state index in [2.05, 4.69) is 23.1 Å². The number of hydrogen-bond acceptors (Lipinski definition) is 5. The van der Waals surface area contributed by atoms with E-state index in [0.717, 1.165) is 11.1 Å². The highest BCUT2D eigenvalue weighted by molar-refractivity contribution is 6.30. The fraction of sp³-hybridized carbons (Fsp3) is 0.368. The number of fused-ring (bicyclic) bond motifs is 1. The third-order valence-electron chi connectivity index (χ3n) is 5.18. The first kappa shape index (κ1) is 17.2. The first-order valence-corrected chi connectivity index (χ1v) is 8.31. The number of rotatable bonds is 1. The fourth-order valence-corrected chi connectivity index (χ4v) is 4.23. The van der Waals surface area contributed by atoms with E-state index in [1.54, 1.807) is 18.2 Å². The van der Waals surface area contributed by atoms with E-state index in [1.807, 2.05) is 19.2 Å². The van der Waals surface area contributed by atoms with Crippen molar-refractivity contribution in [2.75, 3.05) is 20.1 Å². The molecule has 124 valence electrons. The first-order chi connectivity index (χ1) is 12.0. The number of benzene rings is 1. The molecule has 1 fully saturated rings. The van der Waals surface area contributed by atoms with Gasteiger partial charge in [-0.25, -0.2) is 0 Å². The highest BCUT2D eigenvalue weighted by Gasteiger charge is 2.57. The molecule has 1 aromatic carbocycles. The van der Waals surface area contributed by atoms with Gasteiger partial charge in [-0.15, -0.1) is 0 Å². The molecule has 0 spiro atoms. The Morgan fingerprint density at radius 3 is 2.60 bits per heavy atom. The molecule has 1 aliphatic carbocycles. The second-order valence-corrected chi connectivity index (χ2v) is 7.01. The van der Waals surface area contributed by atoms with Crippen molar-refractivity contribution in [1.29, 1.82) is 21.2 Å². The Kier molecular flexibility index (Phi) is 4.36. The van der Waals surface area contributed by atoms with Crippen molar-refractivity contribution in [2.45, 2.75) is 5.92 Å². The number of halogens is 1. The van der Waals surface area contributed by atoms with Gasteiger partial charge in [-0.05, 0) is 30.3 Å². The topological polar surface area (TPSA) is 98.5 Å². The van der Waals surface area contributed by atoms with Crippen molar-refractivity contribution in [3.63, 3.8) is 0 Å². The Balaban J connectivity index is 2.28. The van der Waals surface area contributed by atoms with Crippen molar-refractivity contribution in [1.82, 2.24) is 4.90 Å². The number of nitriles is 3. The minimum atomic E-state index is -1.68. The lowest BCUT2D eigenvalue weighted by Gasteiger charge is -2.47. The van der Waals surface area contributed by atoms with Crippen LogP contribution in [-0.4, -0.2) is 30.7 Å². The predicted octanol–water partition coefficient (Wildman–Crippen LogP) is 3.12. The Bertz CT molecular complexity index is 868. The largest absolute Gasteiger partial charge is 0.305 e. The molecule has 0 bridgehead atoms. The maximum Gasteiger partial charge on any atom is 0.189 e. The molecule has 1 aromatic rings. The van der Waals surface area contributed by atoms with Gasteiger partial charge in [0.15, 0.2) is 5.41 Å². The standard InChI is InChI=1S/C19H16ClN5/c1-25-6-5-14-15(8-21)18(24)19(10-22,11-23)17(16(14)9-25)12-3-2-4-13(20)7-12/h2-5,7,15-17,24H,6,9H2,1H3/t15?,16-,17+/m0/s1. The summed E-state index contributed by atoms with van der Waals surface area (Å²) < 4.78 is 0. The van der Waals surface area contributed by atoms with Gasteiger partial charge < -0.3 is 10.3 Å². The molecule has 1 aliphatic heterocycles. The molecule has 1 heterocycles. The Hall–Kier alpha value is -2.65. The zero-order chi connectivity index (χ0) is 18.2. The SMILES string of the molecule is CN1CC=C2C(C#N)C(=N)C(C#N)(C#N)[C@H](c3cccc(Cl)c3)[C@H]2C1. The Morgan fingerprint density at radius 1 is 1.28 bits per heavy atom. The van der Waals surface area contributed by atoms with Crippen LogP contribution in [0.4, 0.5) is 0 Å². The van der Waals surface area contributed by atoms with Gasteiger partial charge in [0.1, 0.15) is 5.92 Å². The number of nitrogens with zero attached hydrogens (tertiary/aromatic N) is 4. The predicted molar refractivity (Wildman–Crippen MR) is 93.8 cm³/mol. The van der Waals surface area contributed by atoms with E-state index in [9.17, 15) is 15.8 Å². The summed E-state index contributed by atoms with van der Waals surface area (Å²) in [7, 11) is 1.96. The molecule has 3 atom stereocenters. The molecule has 0 aromatic heterocycles. The van der Waals surface area contributed by atoms with Gasteiger partial charge in [0.05, 0.1) is 23.9 Å². The maximum atomic E-state index is 9.89. The third kappa shape index (κ3) is 2.52. The molecule has 0 amide bonds. The summed E-state index contributed by atoms with van der Waals surface area (Å²) >= 11 is 6.14. The lowest BCUT2D eigenvalue weighted by Crippen LogP contribution is -2.52. The lowest BCUT2D eigenvalue weighted by atomic mass is 9.54. The molecule has 3 rings (SSSR count). The van der Waals surface area contributed by atoms with Gasteiger partial charge in [-0.2, -0.15) is 15.8 Å². The van der Waals surface area contributed by atoms with Gasteiger partial charge in [0, 0.05) is 29.9 Å². The van der Waals surface area contributed by atoms with Gasteiger partial charge in [-0.1, -0.05) is 29.8 Å². The van der Waals surface area contributed by atoms with E-state index in [0.29, 0.717) is 18.1 Å². The van der Waals surface area contributed by atoms with Gasteiger partial charge in [-0.3, -0.25) is 0 Å². The summed E-state index contributed by atoms with van der Waals surface area (Å²) in [6.45, 7) is 1.31. The van der Waals surface area contributed by atoms with Crippen LogP contribution in [0.1, 0.15) is 11.5 Å². The van der Waals surface area contributed by atoms with Crippen molar-refractivity contribution in [3.8, 4) is 18.2 Å². The summed E-state index contributed by atoms with van der Waals surface area (Å²) in [6.07, 6.45) is 1.97. The van der Waals surface area contributed by atoms with Gasteiger partial charge in [0.2, 0.25) is 0 Å². The monoisotopic (exact) mass is 349 g/mol. The van der Waals surface area contributed by atoms with E-state index in [4.69, 9.17) is 17.0 Å². The molecule has 6 heteroatoms. The van der Waals surface area contributed by atoms with Crippen LogP contribution in [0.2, 0.25) is 5.02 Å². The van der Waals surface area contributed by atoms with Crippen molar-refractivity contribution in [2.24, 2.45) is 17.3 Å². The second-order valence-electron chi connectivity index (χ2n) is 6.57. The number of nitrogens with one attached hydrogen (secondary N) is 1. The minimum absolute atomic E-state index is 0.128. The highest BCUT2D eigenvalue weighted by atomic mass is 35.5. The smallest absolute Gasteiger partial charge is 0.189 e. The molecule has 2 aliphatic rings. The molecule has 0 radical (unpaired) electrons. The van der Waals surface area contributed by atoms with E-state index < -0.39 is 17.3 Å². The molecule has 5 nitrogen and oxygen atoms in total. The van der Waals surface area contributed by atoms with Crippen molar-refractivity contribution >= 4 is 17.3 Å². The first-order valence-electron chi connectivity index (χ1n) is 7.93. The van der Waals surface area contributed by atoms with Crippen LogP contribution in [-0.2, 0) is 0 Å². The van der Waals surface area contributed by atoms with Gasteiger partial charge >= 0.3 is 0 Å². The van der Waals surface area contributed by atoms with Crippen LogP contribution in [0.3, 0.4) is 0 Å². The average molecular weight is 350 g/mol. The summed E-state index contributed by atoms with van der Waals surface area (Å²) in [5, 5.41) is 38.4. The van der Waals surface area contributed by atoms with E-state index in [-0.39, 0.29) is 11.6 Å². The zero-order valence-electron chi connectivity index (χ0n) is 13.7. The average Bonchev–Trinajstić information content (AvgIpc) is 2.61. The Labute approximate surface area is 151 Å². The Morgan fingerprint density at radius 2 is 2.00 bits per heavy atom. The molecular formula is C19H16ClN5. The molecule has 1 N–H and O–H groups in total. The van der Waals surface area contributed by atoms with Crippen LogP contribution >= 0.6 is 11.6 Å². The molecule has 25 heavy (non-hydrogen) atoms. The minimum Gasteiger partial charge on any atom is -0.305 e.